The number of ether oxygens (including phenoxy) is 1. The van der Waals surface area contributed by atoms with Crippen molar-refractivity contribution in [2.45, 2.75) is 6.42 Å². The van der Waals surface area contributed by atoms with E-state index in [1.165, 1.54) is 7.11 Å². The Kier molecular flexibility index (Phi) is 7.64. The van der Waals surface area contributed by atoms with Gasteiger partial charge in [-0.3, -0.25) is 9.59 Å². The Hall–Kier alpha value is -3.59. The Morgan fingerprint density at radius 3 is 2.29 bits per heavy atom. The molecule has 34 heavy (non-hydrogen) atoms. The minimum Gasteiger partial charge on any atom is -0.453 e. The summed E-state index contributed by atoms with van der Waals surface area (Å²) in [5, 5.41) is 6.29. The van der Waals surface area contributed by atoms with Crippen LogP contribution in [0.1, 0.15) is 15.9 Å². The van der Waals surface area contributed by atoms with Gasteiger partial charge in [0.25, 0.3) is 5.91 Å². The summed E-state index contributed by atoms with van der Waals surface area (Å²) in [7, 11) is 1.38. The van der Waals surface area contributed by atoms with E-state index in [1.807, 2.05) is 47.4 Å². The van der Waals surface area contributed by atoms with Crippen molar-refractivity contribution in [1.29, 1.82) is 0 Å². The average Bonchev–Trinajstić information content (AvgIpc) is 2.89. The summed E-state index contributed by atoms with van der Waals surface area (Å²) in [6.45, 7) is 5.10. The van der Waals surface area contributed by atoms with Crippen LogP contribution >= 0.6 is 0 Å². The standard InChI is InChI=1S/C25H31N5O4/c1-34-25(33)30-15-13-28(14-16-30)22-8-7-20(24(32)29-11-9-26-10-12-29)18-21(22)27-23(31)17-19-5-3-2-4-6-19/h2-8,18,26H,9-17H2,1H3,(H,27,31). The molecule has 9 nitrogen and oxygen atoms in total. The van der Waals surface area contributed by atoms with Gasteiger partial charge < -0.3 is 30.1 Å². The van der Waals surface area contributed by atoms with E-state index in [-0.39, 0.29) is 24.3 Å². The molecular formula is C25H31N5O4. The number of rotatable bonds is 5. The smallest absolute Gasteiger partial charge is 0.409 e. The van der Waals surface area contributed by atoms with Crippen LogP contribution in [-0.4, -0.2) is 87.2 Å². The van der Waals surface area contributed by atoms with Crippen molar-refractivity contribution in [3.05, 3.63) is 59.7 Å². The molecule has 2 N–H and O–H groups in total. The number of piperazine rings is 2. The van der Waals surface area contributed by atoms with Gasteiger partial charge in [-0.1, -0.05) is 30.3 Å². The molecule has 0 unspecified atom stereocenters. The lowest BCUT2D eigenvalue weighted by Crippen LogP contribution is -2.49. The number of nitrogens with zero attached hydrogens (tertiary/aromatic N) is 3. The second-order valence-corrected chi connectivity index (χ2v) is 8.43. The maximum absolute atomic E-state index is 13.1. The molecule has 180 valence electrons. The third-order valence-corrected chi connectivity index (χ3v) is 6.18. The minimum absolute atomic E-state index is 0.0397. The SMILES string of the molecule is COC(=O)N1CCN(c2ccc(C(=O)N3CCNCC3)cc2NC(=O)Cc2ccccc2)CC1. The first kappa shape index (κ1) is 23.6. The fourth-order valence-corrected chi connectivity index (χ4v) is 4.33. The lowest BCUT2D eigenvalue weighted by Gasteiger charge is -2.36. The third-order valence-electron chi connectivity index (χ3n) is 6.18. The molecular weight excluding hydrogens is 434 g/mol. The van der Waals surface area contributed by atoms with Crippen LogP contribution in [0.5, 0.6) is 0 Å². The molecule has 0 aromatic heterocycles. The van der Waals surface area contributed by atoms with Crippen molar-refractivity contribution in [3.63, 3.8) is 0 Å². The first-order valence-corrected chi connectivity index (χ1v) is 11.6. The van der Waals surface area contributed by atoms with Crippen molar-refractivity contribution >= 4 is 29.3 Å². The van der Waals surface area contributed by atoms with Crippen LogP contribution in [0, 0.1) is 0 Å². The molecule has 0 radical (unpaired) electrons. The van der Waals surface area contributed by atoms with Gasteiger partial charge in [0.15, 0.2) is 0 Å². The van der Waals surface area contributed by atoms with Gasteiger partial charge in [-0.25, -0.2) is 4.79 Å². The Balaban J connectivity index is 1.55. The first-order chi connectivity index (χ1) is 16.5. The summed E-state index contributed by atoms with van der Waals surface area (Å²) < 4.78 is 4.83. The number of methoxy groups -OCH3 is 1. The zero-order valence-corrected chi connectivity index (χ0v) is 19.5. The maximum atomic E-state index is 13.1. The molecule has 4 rings (SSSR count). The Morgan fingerprint density at radius 1 is 0.912 bits per heavy atom. The molecule has 0 atom stereocenters. The minimum atomic E-state index is -0.340. The highest BCUT2D eigenvalue weighted by Gasteiger charge is 2.25. The molecule has 2 fully saturated rings. The topological polar surface area (TPSA) is 94.2 Å². The highest BCUT2D eigenvalue weighted by Crippen LogP contribution is 2.29. The fraction of sp³-hybridized carbons (Fsp3) is 0.400. The van der Waals surface area contributed by atoms with Crippen LogP contribution in [0.25, 0.3) is 0 Å². The van der Waals surface area contributed by atoms with Crippen LogP contribution in [-0.2, 0) is 16.0 Å². The molecule has 3 amide bonds. The molecule has 0 saturated carbocycles. The maximum Gasteiger partial charge on any atom is 0.409 e. The monoisotopic (exact) mass is 465 g/mol. The van der Waals surface area contributed by atoms with E-state index in [0.29, 0.717) is 50.5 Å². The van der Waals surface area contributed by atoms with Crippen LogP contribution in [0.3, 0.4) is 0 Å². The van der Waals surface area contributed by atoms with E-state index in [9.17, 15) is 14.4 Å². The molecule has 2 aromatic carbocycles. The number of benzene rings is 2. The van der Waals surface area contributed by atoms with Gasteiger partial charge in [0.2, 0.25) is 5.91 Å². The Labute approximate surface area is 199 Å². The number of amides is 3. The molecule has 2 saturated heterocycles. The van der Waals surface area contributed by atoms with Gasteiger partial charge in [-0.05, 0) is 23.8 Å². The van der Waals surface area contributed by atoms with E-state index in [1.54, 1.807) is 11.0 Å². The zero-order chi connectivity index (χ0) is 23.9. The first-order valence-electron chi connectivity index (χ1n) is 11.6. The summed E-state index contributed by atoms with van der Waals surface area (Å²) in [6.07, 6.45) is -0.0974. The van der Waals surface area contributed by atoms with E-state index in [2.05, 4.69) is 15.5 Å². The normalized spacial score (nSPS) is 16.2. The largest absolute Gasteiger partial charge is 0.453 e. The average molecular weight is 466 g/mol. The zero-order valence-electron chi connectivity index (χ0n) is 19.5. The molecule has 2 aliphatic rings. The number of hydrogen-bond acceptors (Lipinski definition) is 6. The number of carbonyl (C=O) groups is 3. The van der Waals surface area contributed by atoms with E-state index in [4.69, 9.17) is 4.74 Å². The quantitative estimate of drug-likeness (QED) is 0.700. The molecule has 2 heterocycles. The Bertz CT molecular complexity index is 1020. The van der Waals surface area contributed by atoms with Gasteiger partial charge in [0, 0.05) is 57.9 Å². The summed E-state index contributed by atoms with van der Waals surface area (Å²) in [6, 6.07) is 15.0. The predicted molar refractivity (Wildman–Crippen MR) is 130 cm³/mol. The van der Waals surface area contributed by atoms with Crippen molar-refractivity contribution in [2.24, 2.45) is 0 Å². The van der Waals surface area contributed by atoms with Crippen molar-refractivity contribution in [2.75, 3.05) is 69.7 Å². The second kappa shape index (κ2) is 11.0. The van der Waals surface area contributed by atoms with E-state index < -0.39 is 0 Å². The van der Waals surface area contributed by atoms with Gasteiger partial charge in [0.05, 0.1) is 24.9 Å². The molecule has 2 aliphatic heterocycles. The van der Waals surface area contributed by atoms with Crippen LogP contribution in [0.15, 0.2) is 48.5 Å². The second-order valence-electron chi connectivity index (χ2n) is 8.43. The highest BCUT2D eigenvalue weighted by molar-refractivity contribution is 6.00. The molecule has 0 spiro atoms. The fourth-order valence-electron chi connectivity index (χ4n) is 4.33. The van der Waals surface area contributed by atoms with Gasteiger partial charge in [0.1, 0.15) is 0 Å². The van der Waals surface area contributed by atoms with Crippen molar-refractivity contribution in [3.8, 4) is 0 Å². The number of hydrogen-bond donors (Lipinski definition) is 2. The lowest BCUT2D eigenvalue weighted by atomic mass is 10.1. The summed E-state index contributed by atoms with van der Waals surface area (Å²) in [5.41, 5.74) is 2.91. The molecule has 0 bridgehead atoms. The van der Waals surface area contributed by atoms with Crippen molar-refractivity contribution < 1.29 is 19.1 Å². The van der Waals surface area contributed by atoms with Gasteiger partial charge in [-0.15, -0.1) is 0 Å². The van der Waals surface area contributed by atoms with Crippen LogP contribution in [0.2, 0.25) is 0 Å². The summed E-state index contributed by atoms with van der Waals surface area (Å²) in [5.74, 6) is -0.186. The summed E-state index contributed by atoms with van der Waals surface area (Å²) in [4.78, 5) is 43.4. The predicted octanol–water partition coefficient (Wildman–Crippen LogP) is 1.80. The van der Waals surface area contributed by atoms with Crippen LogP contribution in [0.4, 0.5) is 16.2 Å². The number of anilines is 2. The molecule has 9 heteroatoms. The Morgan fingerprint density at radius 2 is 1.62 bits per heavy atom. The van der Waals surface area contributed by atoms with E-state index in [0.717, 1.165) is 24.3 Å². The summed E-state index contributed by atoms with van der Waals surface area (Å²) >= 11 is 0. The van der Waals surface area contributed by atoms with Crippen LogP contribution < -0.4 is 15.5 Å². The highest BCUT2D eigenvalue weighted by atomic mass is 16.5. The van der Waals surface area contributed by atoms with Gasteiger partial charge >= 0.3 is 6.09 Å². The van der Waals surface area contributed by atoms with Gasteiger partial charge in [-0.2, -0.15) is 0 Å². The van der Waals surface area contributed by atoms with E-state index >= 15 is 0 Å². The molecule has 2 aromatic rings. The molecule has 0 aliphatic carbocycles. The number of nitrogens with one attached hydrogen (secondary N) is 2. The van der Waals surface area contributed by atoms with Crippen molar-refractivity contribution in [1.82, 2.24) is 15.1 Å². The third kappa shape index (κ3) is 5.66. The lowest BCUT2D eigenvalue weighted by molar-refractivity contribution is -0.115. The number of carbonyl (C=O) groups excluding carboxylic acids is 3.